The Labute approximate surface area is 267 Å². The highest BCUT2D eigenvalue weighted by Gasteiger charge is 2.21. The van der Waals surface area contributed by atoms with Gasteiger partial charge in [-0.2, -0.15) is 0 Å². The first-order chi connectivity index (χ1) is 21.9. The van der Waals surface area contributed by atoms with E-state index in [0.29, 0.717) is 77.8 Å². The Morgan fingerprint density at radius 2 is 1.76 bits per heavy atom. The van der Waals surface area contributed by atoms with Gasteiger partial charge in [0.1, 0.15) is 0 Å². The Hall–Kier alpha value is -3.93. The zero-order valence-electron chi connectivity index (χ0n) is 26.0. The second-order valence-corrected chi connectivity index (χ2v) is 12.3. The number of hydrogen-bond donors (Lipinski definition) is 2. The minimum absolute atomic E-state index is 0.00341. The van der Waals surface area contributed by atoms with Crippen LogP contribution in [0, 0.1) is 0 Å². The van der Waals surface area contributed by atoms with Crippen LogP contribution in [0.4, 0.5) is 0 Å². The van der Waals surface area contributed by atoms with Gasteiger partial charge < -0.3 is 29.6 Å². The third kappa shape index (κ3) is 8.62. The number of aromatic nitrogens is 2. The summed E-state index contributed by atoms with van der Waals surface area (Å²) in [5.74, 6) is 2.55. The first-order valence-corrected chi connectivity index (χ1v) is 16.7. The maximum Gasteiger partial charge on any atom is 0.262 e. The van der Waals surface area contributed by atoms with Crippen LogP contribution in [-0.2, 0) is 22.6 Å². The first kappa shape index (κ1) is 32.5. The zero-order valence-corrected chi connectivity index (χ0v) is 26.8. The van der Waals surface area contributed by atoms with E-state index in [1.165, 1.54) is 18.2 Å². The number of methoxy groups -OCH3 is 2. The molecule has 2 aliphatic rings. The molecule has 1 aliphatic carbocycles. The highest BCUT2D eigenvalue weighted by Crippen LogP contribution is 2.35. The van der Waals surface area contributed by atoms with Crippen LogP contribution in [0.15, 0.2) is 40.3 Å². The minimum atomic E-state index is -0.179. The number of unbranched alkanes of at least 4 members (excludes halogenated alkanes) is 2. The maximum absolute atomic E-state index is 13.6. The van der Waals surface area contributed by atoms with Crippen LogP contribution < -0.4 is 35.1 Å². The summed E-state index contributed by atoms with van der Waals surface area (Å²) < 4.78 is 23.2. The van der Waals surface area contributed by atoms with Crippen molar-refractivity contribution in [1.82, 2.24) is 20.2 Å². The predicted molar refractivity (Wildman–Crippen MR) is 173 cm³/mol. The third-order valence-corrected chi connectivity index (χ3v) is 9.16. The molecule has 1 fully saturated rings. The van der Waals surface area contributed by atoms with Gasteiger partial charge in [-0.05, 0) is 55.9 Å². The molecular formula is C33H42N4O7S. The molecule has 0 unspecified atom stereocenters. The fraction of sp³-hybridized carbons (Fsp3) is 0.515. The van der Waals surface area contributed by atoms with Crippen molar-refractivity contribution in [1.29, 1.82) is 0 Å². The molecule has 3 aromatic rings. The van der Waals surface area contributed by atoms with E-state index < -0.39 is 0 Å². The van der Waals surface area contributed by atoms with Crippen molar-refractivity contribution in [2.45, 2.75) is 82.0 Å². The number of hydrogen-bond acceptors (Lipinski definition) is 9. The number of rotatable bonds is 15. The molecular weight excluding hydrogens is 596 g/mol. The molecule has 0 spiro atoms. The normalized spacial score (nSPS) is 14.4. The summed E-state index contributed by atoms with van der Waals surface area (Å²) in [5, 5.41) is 7.07. The number of thioether (sulfide) groups is 1. The minimum Gasteiger partial charge on any atom is -0.493 e. The fourth-order valence-corrected chi connectivity index (χ4v) is 6.58. The number of carbonyl (C=O) groups excluding carboxylic acids is 2. The van der Waals surface area contributed by atoms with Crippen molar-refractivity contribution in [2.75, 3.05) is 33.3 Å². The summed E-state index contributed by atoms with van der Waals surface area (Å²) in [5.41, 5.74) is 1.38. The summed E-state index contributed by atoms with van der Waals surface area (Å²) in [6.07, 6.45) is 8.77. The van der Waals surface area contributed by atoms with Crippen molar-refractivity contribution in [2.24, 2.45) is 0 Å². The van der Waals surface area contributed by atoms with E-state index in [1.807, 2.05) is 18.2 Å². The standard InChI is InChI=1S/C33H42N4O7S/c1-41-26-13-12-22(17-27(26)42-2)14-15-34-30(38)11-7-4-8-16-37-32(40)24-18-28-29(44-21-43-28)19-25(24)36-33(37)45-20-31(39)35-23-9-5-3-6-10-23/h12-13,17-19,23H,3-11,14-16,20-21H2,1-2H3,(H,34,38)(H,35,39). The Morgan fingerprint density at radius 1 is 0.978 bits per heavy atom. The molecule has 2 heterocycles. The smallest absolute Gasteiger partial charge is 0.262 e. The lowest BCUT2D eigenvalue weighted by molar-refractivity contribution is -0.121. The topological polar surface area (TPSA) is 130 Å². The van der Waals surface area contributed by atoms with Crippen molar-refractivity contribution in [3.05, 3.63) is 46.2 Å². The lowest BCUT2D eigenvalue weighted by Gasteiger charge is -2.22. The van der Waals surface area contributed by atoms with Crippen molar-refractivity contribution >= 4 is 34.5 Å². The average Bonchev–Trinajstić information content (AvgIpc) is 3.51. The van der Waals surface area contributed by atoms with E-state index >= 15 is 0 Å². The summed E-state index contributed by atoms with van der Waals surface area (Å²) in [6, 6.07) is 9.36. The van der Waals surface area contributed by atoms with Crippen molar-refractivity contribution in [3.8, 4) is 23.0 Å². The van der Waals surface area contributed by atoms with Gasteiger partial charge in [0.2, 0.25) is 18.6 Å². The Balaban J connectivity index is 1.14. The number of carbonyl (C=O) groups is 2. The molecule has 0 saturated heterocycles. The van der Waals surface area contributed by atoms with Gasteiger partial charge in [-0.25, -0.2) is 4.98 Å². The fourth-order valence-electron chi connectivity index (χ4n) is 5.75. The molecule has 2 N–H and O–H groups in total. The average molecular weight is 639 g/mol. The summed E-state index contributed by atoms with van der Waals surface area (Å²) >= 11 is 1.27. The van der Waals surface area contributed by atoms with Crippen molar-refractivity contribution < 1.29 is 28.5 Å². The molecule has 0 atom stereocenters. The van der Waals surface area contributed by atoms with E-state index in [4.69, 9.17) is 23.9 Å². The van der Waals surface area contributed by atoms with Gasteiger partial charge in [0.25, 0.3) is 5.56 Å². The highest BCUT2D eigenvalue weighted by molar-refractivity contribution is 7.99. The second kappa shape index (κ2) is 15.9. The van der Waals surface area contributed by atoms with Gasteiger partial charge in [-0.1, -0.05) is 43.5 Å². The largest absolute Gasteiger partial charge is 0.493 e. The summed E-state index contributed by atoms with van der Waals surface area (Å²) in [6.45, 7) is 1.07. The quantitative estimate of drug-likeness (QED) is 0.139. The predicted octanol–water partition coefficient (Wildman–Crippen LogP) is 4.60. The van der Waals surface area contributed by atoms with Gasteiger partial charge in [0.05, 0.1) is 30.9 Å². The molecule has 1 saturated carbocycles. The number of amides is 2. The molecule has 12 heteroatoms. The number of nitrogens with one attached hydrogen (secondary N) is 2. The Kier molecular flexibility index (Phi) is 11.5. The van der Waals surface area contributed by atoms with Gasteiger partial charge in [0.15, 0.2) is 28.2 Å². The highest BCUT2D eigenvalue weighted by atomic mass is 32.2. The van der Waals surface area contributed by atoms with Gasteiger partial charge >= 0.3 is 0 Å². The van der Waals surface area contributed by atoms with E-state index in [9.17, 15) is 14.4 Å². The lowest BCUT2D eigenvalue weighted by atomic mass is 9.95. The molecule has 242 valence electrons. The first-order valence-electron chi connectivity index (χ1n) is 15.7. The van der Waals surface area contributed by atoms with E-state index in [0.717, 1.165) is 37.7 Å². The van der Waals surface area contributed by atoms with E-state index in [1.54, 1.807) is 30.9 Å². The summed E-state index contributed by atoms with van der Waals surface area (Å²) in [4.78, 5) is 43.6. The van der Waals surface area contributed by atoms with E-state index in [-0.39, 0.29) is 36.0 Å². The summed E-state index contributed by atoms with van der Waals surface area (Å²) in [7, 11) is 3.20. The van der Waals surface area contributed by atoms with Crippen LogP contribution in [0.1, 0.15) is 63.4 Å². The monoisotopic (exact) mass is 638 g/mol. The van der Waals surface area contributed by atoms with Gasteiger partial charge in [-0.15, -0.1) is 0 Å². The number of nitrogens with zero attached hydrogens (tertiary/aromatic N) is 2. The molecule has 0 bridgehead atoms. The molecule has 45 heavy (non-hydrogen) atoms. The molecule has 0 radical (unpaired) electrons. The number of fused-ring (bicyclic) bond motifs is 2. The molecule has 5 rings (SSSR count). The molecule has 11 nitrogen and oxygen atoms in total. The van der Waals surface area contributed by atoms with E-state index in [2.05, 4.69) is 10.6 Å². The van der Waals surface area contributed by atoms with Crippen molar-refractivity contribution in [3.63, 3.8) is 0 Å². The van der Waals surface area contributed by atoms with Crippen LogP contribution in [0.5, 0.6) is 23.0 Å². The number of ether oxygens (including phenoxy) is 4. The third-order valence-electron chi connectivity index (χ3n) is 8.19. The Morgan fingerprint density at radius 3 is 2.53 bits per heavy atom. The number of benzene rings is 2. The van der Waals surface area contributed by atoms with Crippen LogP contribution >= 0.6 is 11.8 Å². The van der Waals surface area contributed by atoms with Crippen LogP contribution in [-0.4, -0.2) is 60.7 Å². The van der Waals surface area contributed by atoms with Crippen LogP contribution in [0.25, 0.3) is 10.9 Å². The molecule has 2 aromatic carbocycles. The molecule has 1 aliphatic heterocycles. The lowest BCUT2D eigenvalue weighted by Crippen LogP contribution is -2.37. The van der Waals surface area contributed by atoms with Crippen LogP contribution in [0.2, 0.25) is 0 Å². The SMILES string of the molecule is COc1ccc(CCNC(=O)CCCCCn2c(SCC(=O)NC3CCCCC3)nc3cc4c(cc3c2=O)OCO4)cc1OC. The van der Waals surface area contributed by atoms with Gasteiger partial charge in [-0.3, -0.25) is 19.0 Å². The second-order valence-electron chi connectivity index (χ2n) is 11.4. The molecule has 2 amide bonds. The Bertz CT molecular complexity index is 1550. The van der Waals surface area contributed by atoms with Crippen LogP contribution in [0.3, 0.4) is 0 Å². The molecule has 1 aromatic heterocycles. The van der Waals surface area contributed by atoms with Gasteiger partial charge in [0, 0.05) is 31.6 Å². The maximum atomic E-state index is 13.6. The zero-order chi connectivity index (χ0) is 31.6.